The second kappa shape index (κ2) is 10.8. The van der Waals surface area contributed by atoms with Gasteiger partial charge in [0.25, 0.3) is 0 Å². The summed E-state index contributed by atoms with van der Waals surface area (Å²) in [4.78, 5) is 0. The first-order chi connectivity index (χ1) is 25.5. The van der Waals surface area contributed by atoms with E-state index in [0.29, 0.717) is 0 Å². The molecule has 0 amide bonds. The lowest BCUT2D eigenvalue weighted by molar-refractivity contribution is 0.657. The van der Waals surface area contributed by atoms with Crippen LogP contribution in [0.4, 0.5) is 0 Å². The maximum absolute atomic E-state index is 6.31. The third-order valence-corrected chi connectivity index (χ3v) is 11.6. The van der Waals surface area contributed by atoms with E-state index in [9.17, 15) is 0 Å². The second-order valence-corrected chi connectivity index (χ2v) is 14.8. The van der Waals surface area contributed by atoms with Gasteiger partial charge in [-0.15, -0.1) is 0 Å². The Labute approximate surface area is 302 Å². The van der Waals surface area contributed by atoms with Gasteiger partial charge in [-0.3, -0.25) is 0 Å². The molecule has 1 aromatic heterocycles. The summed E-state index contributed by atoms with van der Waals surface area (Å²) in [5.74, 6) is 0. The Balaban J connectivity index is 1.05. The zero-order valence-electron chi connectivity index (χ0n) is 29.1. The molecule has 52 heavy (non-hydrogen) atoms. The molecular weight excluding hydrogens is 629 g/mol. The number of furan rings is 1. The van der Waals surface area contributed by atoms with Gasteiger partial charge in [0.1, 0.15) is 11.2 Å². The monoisotopic (exact) mass is 662 g/mol. The maximum atomic E-state index is 6.31. The molecule has 244 valence electrons. The highest BCUT2D eigenvalue weighted by Gasteiger charge is 2.38. The normalized spacial score (nSPS) is 13.3. The molecule has 0 saturated carbocycles. The van der Waals surface area contributed by atoms with E-state index in [-0.39, 0.29) is 5.41 Å². The van der Waals surface area contributed by atoms with Gasteiger partial charge >= 0.3 is 0 Å². The summed E-state index contributed by atoms with van der Waals surface area (Å²) in [5.41, 5.74) is 14.6. The predicted molar refractivity (Wildman–Crippen MR) is 220 cm³/mol. The van der Waals surface area contributed by atoms with E-state index >= 15 is 0 Å². The Morgan fingerprint density at radius 2 is 0.942 bits per heavy atom. The van der Waals surface area contributed by atoms with Gasteiger partial charge in [0.15, 0.2) is 0 Å². The first kappa shape index (κ1) is 29.3. The smallest absolute Gasteiger partial charge is 0.135 e. The van der Waals surface area contributed by atoms with Crippen LogP contribution in [-0.4, -0.2) is 0 Å². The number of fused-ring (bicyclic) bond motifs is 10. The van der Waals surface area contributed by atoms with Crippen molar-refractivity contribution in [1.29, 1.82) is 0 Å². The Bertz CT molecular complexity index is 3030. The van der Waals surface area contributed by atoms with Crippen LogP contribution >= 0.6 is 0 Å². The lowest BCUT2D eigenvalue weighted by atomic mass is 9.80. The summed E-state index contributed by atoms with van der Waals surface area (Å²) in [6, 6.07) is 62.4. The molecule has 0 spiro atoms. The molecule has 1 heteroatoms. The van der Waals surface area contributed by atoms with E-state index < -0.39 is 0 Å². The molecule has 11 rings (SSSR count). The minimum atomic E-state index is -0.139. The molecule has 0 fully saturated rings. The van der Waals surface area contributed by atoms with Crippen LogP contribution in [0, 0.1) is 0 Å². The summed E-state index contributed by atoms with van der Waals surface area (Å²) >= 11 is 0. The third kappa shape index (κ3) is 4.11. The van der Waals surface area contributed by atoms with Gasteiger partial charge in [0.2, 0.25) is 0 Å². The topological polar surface area (TPSA) is 13.1 Å². The van der Waals surface area contributed by atoms with Crippen molar-refractivity contribution in [3.8, 4) is 44.5 Å². The minimum Gasteiger partial charge on any atom is -0.456 e. The largest absolute Gasteiger partial charge is 0.456 e. The Kier molecular flexibility index (Phi) is 6.08. The van der Waals surface area contributed by atoms with Gasteiger partial charge in [0.05, 0.1) is 0 Å². The molecule has 1 nitrogen and oxygen atoms in total. The summed E-state index contributed by atoms with van der Waals surface area (Å²) in [6.07, 6.45) is 0. The second-order valence-electron chi connectivity index (χ2n) is 14.8. The van der Waals surface area contributed by atoms with E-state index in [1.54, 1.807) is 0 Å². The number of benzene rings is 9. The van der Waals surface area contributed by atoms with Crippen molar-refractivity contribution in [2.24, 2.45) is 0 Å². The van der Waals surface area contributed by atoms with Crippen LogP contribution < -0.4 is 0 Å². The first-order valence-electron chi connectivity index (χ1n) is 18.2. The van der Waals surface area contributed by atoms with Crippen molar-refractivity contribution in [1.82, 2.24) is 0 Å². The Morgan fingerprint density at radius 1 is 0.385 bits per heavy atom. The van der Waals surface area contributed by atoms with E-state index in [1.807, 2.05) is 0 Å². The van der Waals surface area contributed by atoms with Crippen LogP contribution in [0.3, 0.4) is 0 Å². The van der Waals surface area contributed by atoms with Crippen molar-refractivity contribution in [3.05, 3.63) is 181 Å². The quantitative estimate of drug-likeness (QED) is 0.172. The molecule has 1 heterocycles. The van der Waals surface area contributed by atoms with Crippen LogP contribution in [0.5, 0.6) is 0 Å². The van der Waals surface area contributed by atoms with Crippen LogP contribution in [0.25, 0.3) is 98.8 Å². The minimum absolute atomic E-state index is 0.139. The molecule has 0 saturated heterocycles. The molecule has 9 aromatic carbocycles. The van der Waals surface area contributed by atoms with Crippen molar-refractivity contribution in [2.75, 3.05) is 0 Å². The summed E-state index contributed by atoms with van der Waals surface area (Å²) in [7, 11) is 0. The average molecular weight is 663 g/mol. The summed E-state index contributed by atoms with van der Waals surface area (Å²) in [5, 5.41) is 10.0. The van der Waals surface area contributed by atoms with E-state index in [4.69, 9.17) is 4.42 Å². The lowest BCUT2D eigenvalue weighted by Gasteiger charge is -2.22. The molecule has 0 radical (unpaired) electrons. The van der Waals surface area contributed by atoms with Gasteiger partial charge in [-0.25, -0.2) is 0 Å². The standard InChI is InChI=1S/C51H34O/c1-51(2)44-27-25-35(30-43(44)41-26-28-46-49(50(41)51)42-17-9-10-18-45(42)52-46)32-19-22-33(23-20-32)47-37-13-5-7-15-39(37)48(40-16-8-6-14-38(40)47)36-24-21-31-11-3-4-12-34(31)29-36/h3-30H,1-2H3. The molecule has 0 N–H and O–H groups in total. The maximum Gasteiger partial charge on any atom is 0.135 e. The molecule has 1 aliphatic rings. The molecule has 0 atom stereocenters. The van der Waals surface area contributed by atoms with Crippen LogP contribution in [0.15, 0.2) is 174 Å². The average Bonchev–Trinajstić information content (AvgIpc) is 3.68. The van der Waals surface area contributed by atoms with Crippen molar-refractivity contribution in [3.63, 3.8) is 0 Å². The molecule has 0 unspecified atom stereocenters. The lowest BCUT2D eigenvalue weighted by Crippen LogP contribution is -2.15. The molecule has 1 aliphatic carbocycles. The zero-order valence-corrected chi connectivity index (χ0v) is 29.1. The molecule has 10 aromatic rings. The number of hydrogen-bond acceptors (Lipinski definition) is 1. The zero-order chi connectivity index (χ0) is 34.6. The fourth-order valence-corrected chi connectivity index (χ4v) is 9.24. The Hall–Kier alpha value is -6.44. The molecular formula is C51H34O. The van der Waals surface area contributed by atoms with Gasteiger partial charge in [0, 0.05) is 16.2 Å². The highest BCUT2D eigenvalue weighted by Crippen LogP contribution is 2.54. The number of para-hydroxylation sites is 1. The van der Waals surface area contributed by atoms with Gasteiger partial charge in [-0.05, 0) is 112 Å². The highest BCUT2D eigenvalue weighted by atomic mass is 16.3. The van der Waals surface area contributed by atoms with Crippen molar-refractivity contribution < 1.29 is 4.42 Å². The predicted octanol–water partition coefficient (Wildman–Crippen LogP) is 14.4. The SMILES string of the molecule is CC1(C)c2ccc(-c3ccc(-c4c5ccccc5c(-c5ccc6ccccc6c5)c5ccccc45)cc3)cc2-c2ccc3oc4ccccc4c3c21. The van der Waals surface area contributed by atoms with Crippen LogP contribution in [0.1, 0.15) is 25.0 Å². The Morgan fingerprint density at radius 3 is 1.65 bits per heavy atom. The van der Waals surface area contributed by atoms with Gasteiger partial charge in [-0.1, -0.05) is 159 Å². The summed E-state index contributed by atoms with van der Waals surface area (Å²) in [6.45, 7) is 4.71. The van der Waals surface area contributed by atoms with E-state index in [0.717, 1.165) is 11.2 Å². The van der Waals surface area contributed by atoms with Crippen molar-refractivity contribution in [2.45, 2.75) is 19.3 Å². The van der Waals surface area contributed by atoms with E-state index in [1.165, 1.54) is 98.7 Å². The number of hydrogen-bond donors (Lipinski definition) is 0. The van der Waals surface area contributed by atoms with Crippen molar-refractivity contribution >= 4 is 54.3 Å². The van der Waals surface area contributed by atoms with Crippen LogP contribution in [-0.2, 0) is 5.41 Å². The fraction of sp³-hybridized carbons (Fsp3) is 0.0588. The van der Waals surface area contributed by atoms with Crippen LogP contribution in [0.2, 0.25) is 0 Å². The molecule has 0 aliphatic heterocycles. The number of rotatable bonds is 3. The van der Waals surface area contributed by atoms with Gasteiger partial charge < -0.3 is 4.42 Å². The first-order valence-corrected chi connectivity index (χ1v) is 18.2. The molecule has 0 bridgehead atoms. The summed E-state index contributed by atoms with van der Waals surface area (Å²) < 4.78 is 6.31. The van der Waals surface area contributed by atoms with Gasteiger partial charge in [-0.2, -0.15) is 0 Å². The highest BCUT2D eigenvalue weighted by molar-refractivity contribution is 6.22. The third-order valence-electron chi connectivity index (χ3n) is 11.6. The fourth-order valence-electron chi connectivity index (χ4n) is 9.24. The van der Waals surface area contributed by atoms with E-state index in [2.05, 4.69) is 184 Å².